The van der Waals surface area contributed by atoms with Gasteiger partial charge in [0.15, 0.2) is 6.10 Å². The predicted octanol–water partition coefficient (Wildman–Crippen LogP) is 5.92. The maximum Gasteiger partial charge on any atom is 0.347 e. The second kappa shape index (κ2) is 10.3. The molecule has 1 unspecified atom stereocenters. The van der Waals surface area contributed by atoms with Gasteiger partial charge in [0.25, 0.3) is 0 Å². The number of ether oxygens (including phenoxy) is 2. The van der Waals surface area contributed by atoms with Crippen LogP contribution in [-0.2, 0) is 19.1 Å². The highest BCUT2D eigenvalue weighted by molar-refractivity contribution is 5.82. The van der Waals surface area contributed by atoms with Crippen LogP contribution < -0.4 is 0 Å². The average Bonchev–Trinajstić information content (AvgIpc) is 2.47. The molecule has 26 heavy (non-hydrogen) atoms. The van der Waals surface area contributed by atoms with E-state index >= 15 is 0 Å². The second-order valence-corrected chi connectivity index (χ2v) is 9.74. The molecule has 0 aliphatic carbocycles. The molecule has 0 saturated carbocycles. The molecule has 0 fully saturated rings. The molecule has 0 rings (SSSR count). The first-order chi connectivity index (χ1) is 11.8. The van der Waals surface area contributed by atoms with Crippen LogP contribution in [0.15, 0.2) is 0 Å². The summed E-state index contributed by atoms with van der Waals surface area (Å²) in [7, 11) is 0. The summed E-state index contributed by atoms with van der Waals surface area (Å²) in [5.74, 6) is -0.748. The number of carbonyl (C=O) groups is 2. The Morgan fingerprint density at radius 2 is 1.46 bits per heavy atom. The molecule has 4 heteroatoms. The lowest BCUT2D eigenvalue weighted by Gasteiger charge is -2.43. The summed E-state index contributed by atoms with van der Waals surface area (Å²) in [4.78, 5) is 25.2. The minimum absolute atomic E-state index is 0.0990. The van der Waals surface area contributed by atoms with Gasteiger partial charge >= 0.3 is 11.9 Å². The highest BCUT2D eigenvalue weighted by atomic mass is 16.6. The van der Waals surface area contributed by atoms with Crippen molar-refractivity contribution in [1.82, 2.24) is 0 Å². The minimum Gasteiger partial charge on any atom is -0.463 e. The lowest BCUT2D eigenvalue weighted by molar-refractivity contribution is -0.179. The van der Waals surface area contributed by atoms with Crippen molar-refractivity contribution in [2.24, 2.45) is 16.2 Å². The van der Waals surface area contributed by atoms with Crippen LogP contribution >= 0.6 is 0 Å². The zero-order chi connectivity index (χ0) is 20.6. The Morgan fingerprint density at radius 3 is 1.92 bits per heavy atom. The molecule has 0 spiro atoms. The fourth-order valence-corrected chi connectivity index (χ4v) is 3.32. The van der Waals surface area contributed by atoms with E-state index in [1.807, 2.05) is 13.8 Å². The van der Waals surface area contributed by atoms with Crippen LogP contribution in [0.4, 0.5) is 0 Å². The van der Waals surface area contributed by atoms with Crippen LogP contribution in [0.5, 0.6) is 0 Å². The molecule has 0 heterocycles. The van der Waals surface area contributed by atoms with Crippen LogP contribution in [0, 0.1) is 16.2 Å². The maximum absolute atomic E-state index is 13.0. The van der Waals surface area contributed by atoms with Crippen molar-refractivity contribution in [2.75, 3.05) is 6.61 Å². The van der Waals surface area contributed by atoms with Gasteiger partial charge < -0.3 is 9.47 Å². The zero-order valence-electron chi connectivity index (χ0n) is 18.7. The summed E-state index contributed by atoms with van der Waals surface area (Å²) in [6.45, 7) is 18.7. The van der Waals surface area contributed by atoms with E-state index in [1.54, 1.807) is 6.92 Å². The van der Waals surface area contributed by atoms with E-state index in [4.69, 9.17) is 9.47 Å². The van der Waals surface area contributed by atoms with Crippen molar-refractivity contribution in [2.45, 2.75) is 107 Å². The molecular weight excluding hydrogens is 328 g/mol. The first-order valence-corrected chi connectivity index (χ1v) is 10.2. The summed E-state index contributed by atoms with van der Waals surface area (Å²) in [5.41, 5.74) is -0.861. The van der Waals surface area contributed by atoms with Gasteiger partial charge in [0.2, 0.25) is 0 Å². The SMILES string of the molecule is CCCCCCC(OC(=O)C(C)(C)C(C)(C)CC(C)(C)C)C(=O)OCC. The largest absolute Gasteiger partial charge is 0.463 e. The number of unbranched alkanes of at least 4 members (excludes halogenated alkanes) is 3. The van der Waals surface area contributed by atoms with Gasteiger partial charge in [-0.2, -0.15) is 0 Å². The normalized spacial score (nSPS) is 14.0. The fraction of sp³-hybridized carbons (Fsp3) is 0.909. The van der Waals surface area contributed by atoms with Crippen molar-refractivity contribution in [3.63, 3.8) is 0 Å². The highest BCUT2D eigenvalue weighted by Gasteiger charge is 2.47. The number of esters is 2. The molecule has 154 valence electrons. The maximum atomic E-state index is 13.0. The third-order valence-corrected chi connectivity index (χ3v) is 5.29. The van der Waals surface area contributed by atoms with Crippen molar-refractivity contribution >= 4 is 11.9 Å². The minimum atomic E-state index is -0.802. The molecule has 0 aromatic carbocycles. The van der Waals surface area contributed by atoms with Crippen molar-refractivity contribution in [1.29, 1.82) is 0 Å². The van der Waals surface area contributed by atoms with E-state index in [0.717, 1.165) is 32.1 Å². The first-order valence-electron chi connectivity index (χ1n) is 10.2. The van der Waals surface area contributed by atoms with E-state index in [9.17, 15) is 9.59 Å². The van der Waals surface area contributed by atoms with E-state index in [2.05, 4.69) is 41.5 Å². The zero-order valence-corrected chi connectivity index (χ0v) is 18.7. The monoisotopic (exact) mass is 370 g/mol. The van der Waals surface area contributed by atoms with E-state index in [1.165, 1.54) is 0 Å². The van der Waals surface area contributed by atoms with Gasteiger partial charge in [-0.15, -0.1) is 0 Å². The molecule has 4 nitrogen and oxygen atoms in total. The molecule has 0 aromatic rings. The summed E-state index contributed by atoms with van der Waals surface area (Å²) in [6.07, 6.45) is 4.73. The summed E-state index contributed by atoms with van der Waals surface area (Å²) < 4.78 is 10.8. The molecule has 0 aliphatic rings. The number of carbonyl (C=O) groups excluding carboxylic acids is 2. The van der Waals surface area contributed by atoms with Gasteiger partial charge in [-0.1, -0.05) is 60.8 Å². The van der Waals surface area contributed by atoms with Crippen LogP contribution in [0.2, 0.25) is 0 Å². The number of rotatable bonds is 11. The average molecular weight is 371 g/mol. The third-order valence-electron chi connectivity index (χ3n) is 5.29. The first kappa shape index (κ1) is 24.9. The van der Waals surface area contributed by atoms with Gasteiger partial charge in [0, 0.05) is 0 Å². The molecule has 0 amide bonds. The standard InChI is InChI=1S/C22H42O4/c1-10-12-13-14-15-17(18(23)25-11-2)26-19(24)22(8,9)21(6,7)16-20(3,4)5/h17H,10-16H2,1-9H3. The van der Waals surface area contributed by atoms with E-state index < -0.39 is 17.5 Å². The molecule has 0 bridgehead atoms. The Kier molecular flexibility index (Phi) is 9.90. The van der Waals surface area contributed by atoms with Gasteiger partial charge in [-0.3, -0.25) is 4.79 Å². The Morgan fingerprint density at radius 1 is 0.885 bits per heavy atom. The lowest BCUT2D eigenvalue weighted by Crippen LogP contribution is -2.45. The van der Waals surface area contributed by atoms with Crippen LogP contribution in [0.1, 0.15) is 101 Å². The molecule has 0 saturated heterocycles. The van der Waals surface area contributed by atoms with Crippen molar-refractivity contribution in [3.05, 3.63) is 0 Å². The molecular formula is C22H42O4. The van der Waals surface area contributed by atoms with E-state index in [-0.39, 0.29) is 16.8 Å². The Balaban J connectivity index is 5.15. The van der Waals surface area contributed by atoms with Crippen molar-refractivity contribution < 1.29 is 19.1 Å². The van der Waals surface area contributed by atoms with Gasteiger partial charge in [-0.25, -0.2) is 4.79 Å². The van der Waals surface area contributed by atoms with Crippen molar-refractivity contribution in [3.8, 4) is 0 Å². The number of hydrogen-bond acceptors (Lipinski definition) is 4. The van der Waals surface area contributed by atoms with Gasteiger partial charge in [-0.05, 0) is 50.9 Å². The predicted molar refractivity (Wildman–Crippen MR) is 107 cm³/mol. The quantitative estimate of drug-likeness (QED) is 0.334. The fourth-order valence-electron chi connectivity index (χ4n) is 3.32. The summed E-state index contributed by atoms with van der Waals surface area (Å²) in [6, 6.07) is 0. The molecule has 0 radical (unpaired) electrons. The molecule has 1 atom stereocenters. The van der Waals surface area contributed by atoms with Crippen LogP contribution in [-0.4, -0.2) is 24.6 Å². The third kappa shape index (κ3) is 8.09. The molecule has 0 aromatic heterocycles. The Labute approximate surface area is 161 Å². The highest BCUT2D eigenvalue weighted by Crippen LogP contribution is 2.47. The van der Waals surface area contributed by atoms with Crippen LogP contribution in [0.25, 0.3) is 0 Å². The lowest BCUT2D eigenvalue weighted by atomic mass is 9.61. The Hall–Kier alpha value is -1.06. The van der Waals surface area contributed by atoms with E-state index in [0.29, 0.717) is 13.0 Å². The molecule has 0 aliphatic heterocycles. The topological polar surface area (TPSA) is 52.6 Å². The Bertz CT molecular complexity index is 444. The van der Waals surface area contributed by atoms with Crippen LogP contribution in [0.3, 0.4) is 0 Å². The summed E-state index contributed by atoms with van der Waals surface area (Å²) in [5, 5.41) is 0. The van der Waals surface area contributed by atoms with Gasteiger partial charge in [0.05, 0.1) is 12.0 Å². The summed E-state index contributed by atoms with van der Waals surface area (Å²) >= 11 is 0. The number of hydrogen-bond donors (Lipinski definition) is 0. The second-order valence-electron chi connectivity index (χ2n) is 9.74. The molecule has 0 N–H and O–H groups in total. The van der Waals surface area contributed by atoms with Gasteiger partial charge in [0.1, 0.15) is 0 Å². The smallest absolute Gasteiger partial charge is 0.347 e.